The molecule has 0 unspecified atom stereocenters. The number of hydrogen-bond donors (Lipinski definition) is 0. The van der Waals surface area contributed by atoms with Crippen LogP contribution in [0.1, 0.15) is 16.8 Å². The van der Waals surface area contributed by atoms with Gasteiger partial charge in [0.25, 0.3) is 0 Å². The minimum atomic E-state index is -0.558. The molecule has 0 aliphatic carbocycles. The van der Waals surface area contributed by atoms with Crippen LogP contribution in [0.5, 0.6) is 0 Å². The zero-order valence-corrected chi connectivity index (χ0v) is 15.2. The van der Waals surface area contributed by atoms with Gasteiger partial charge in [-0.3, -0.25) is 14.4 Å². The molecule has 1 amide bonds. The van der Waals surface area contributed by atoms with Gasteiger partial charge < -0.3 is 9.64 Å². The largest absolute Gasteiger partial charge is 0.457 e. The summed E-state index contributed by atoms with van der Waals surface area (Å²) in [4.78, 5) is 38.6. The maximum atomic E-state index is 12.4. The van der Waals surface area contributed by atoms with Crippen LogP contribution in [0.15, 0.2) is 72.8 Å². The highest BCUT2D eigenvalue weighted by Gasteiger charge is 2.36. The van der Waals surface area contributed by atoms with E-state index in [1.165, 1.54) is 0 Å². The van der Waals surface area contributed by atoms with Crippen LogP contribution in [0.2, 0.25) is 0 Å². The number of fused-ring (bicyclic) bond motifs is 1. The number of carbonyl (C=O) groups is 3. The van der Waals surface area contributed by atoms with Crippen molar-refractivity contribution < 1.29 is 19.1 Å². The Morgan fingerprint density at radius 1 is 0.929 bits per heavy atom. The number of carbonyl (C=O) groups excluding carboxylic acids is 3. The summed E-state index contributed by atoms with van der Waals surface area (Å²) in [5, 5.41) is 2.00. The van der Waals surface area contributed by atoms with E-state index in [2.05, 4.69) is 0 Å². The summed E-state index contributed by atoms with van der Waals surface area (Å²) in [6.07, 6.45) is 0.0951. The smallest absolute Gasteiger partial charge is 0.311 e. The van der Waals surface area contributed by atoms with Crippen molar-refractivity contribution >= 4 is 34.1 Å². The van der Waals surface area contributed by atoms with Crippen molar-refractivity contribution in [3.63, 3.8) is 0 Å². The van der Waals surface area contributed by atoms with Crippen molar-refractivity contribution in [2.45, 2.75) is 6.42 Å². The number of ketones is 1. The third kappa shape index (κ3) is 3.64. The molecule has 0 radical (unpaired) electrons. The summed E-state index contributed by atoms with van der Waals surface area (Å²) in [6, 6.07) is 22.4. The summed E-state index contributed by atoms with van der Waals surface area (Å²) in [5.41, 5.74) is 1.26. The molecule has 28 heavy (non-hydrogen) atoms. The van der Waals surface area contributed by atoms with Crippen molar-refractivity contribution in [2.75, 3.05) is 18.1 Å². The van der Waals surface area contributed by atoms with Gasteiger partial charge in [0.15, 0.2) is 12.4 Å². The summed E-state index contributed by atoms with van der Waals surface area (Å²) in [6.45, 7) is -0.0565. The van der Waals surface area contributed by atoms with Gasteiger partial charge in [0, 0.05) is 24.2 Å². The molecule has 1 heterocycles. The second-order valence-electron chi connectivity index (χ2n) is 6.83. The fraction of sp³-hybridized carbons (Fsp3) is 0.174. The number of ether oxygens (including phenoxy) is 1. The monoisotopic (exact) mass is 373 g/mol. The second-order valence-corrected chi connectivity index (χ2v) is 6.83. The van der Waals surface area contributed by atoms with Crippen LogP contribution in [0, 0.1) is 5.92 Å². The quantitative estimate of drug-likeness (QED) is 0.506. The second kappa shape index (κ2) is 7.64. The highest BCUT2D eigenvalue weighted by atomic mass is 16.5. The molecular weight excluding hydrogens is 354 g/mol. The Hall–Kier alpha value is -3.47. The average Bonchev–Trinajstić information content (AvgIpc) is 3.13. The normalized spacial score (nSPS) is 16.4. The minimum absolute atomic E-state index is 0.0951. The first kappa shape index (κ1) is 17.9. The van der Waals surface area contributed by atoms with Gasteiger partial charge in [-0.2, -0.15) is 0 Å². The van der Waals surface area contributed by atoms with E-state index in [0.29, 0.717) is 5.56 Å². The van der Waals surface area contributed by atoms with E-state index in [0.717, 1.165) is 16.5 Å². The average molecular weight is 373 g/mol. The Kier molecular flexibility index (Phi) is 4.89. The highest BCUT2D eigenvalue weighted by Crippen LogP contribution is 2.25. The number of hydrogen-bond acceptors (Lipinski definition) is 4. The fourth-order valence-corrected chi connectivity index (χ4v) is 3.42. The molecule has 4 rings (SSSR count). The van der Waals surface area contributed by atoms with Crippen molar-refractivity contribution in [1.29, 1.82) is 0 Å². The highest BCUT2D eigenvalue weighted by molar-refractivity contribution is 6.02. The fourth-order valence-electron chi connectivity index (χ4n) is 3.42. The standard InChI is InChI=1S/C23H19NO4/c25-21(18-11-10-16-6-4-5-7-17(16)12-18)15-28-23(27)19-13-22(26)24(14-19)20-8-2-1-3-9-20/h1-12,19H,13-15H2/t19-/m0/s1. The van der Waals surface area contributed by atoms with E-state index in [9.17, 15) is 14.4 Å². The van der Waals surface area contributed by atoms with Crippen molar-refractivity contribution in [1.82, 2.24) is 0 Å². The minimum Gasteiger partial charge on any atom is -0.457 e. The SMILES string of the molecule is O=C(COC(=O)[C@H]1CC(=O)N(c2ccccc2)C1)c1ccc2ccccc2c1. The predicted molar refractivity (Wildman–Crippen MR) is 106 cm³/mol. The molecule has 5 heteroatoms. The maximum absolute atomic E-state index is 12.4. The van der Waals surface area contributed by atoms with Gasteiger partial charge in [0.1, 0.15) is 0 Å². The first-order chi connectivity index (χ1) is 13.6. The van der Waals surface area contributed by atoms with Crippen molar-refractivity contribution in [2.24, 2.45) is 5.92 Å². The number of amides is 1. The van der Waals surface area contributed by atoms with Gasteiger partial charge >= 0.3 is 5.97 Å². The molecule has 140 valence electrons. The van der Waals surface area contributed by atoms with Crippen LogP contribution in [0.3, 0.4) is 0 Å². The number of esters is 1. The topological polar surface area (TPSA) is 63.7 Å². The van der Waals surface area contributed by atoms with E-state index in [-0.39, 0.29) is 31.3 Å². The molecule has 0 saturated carbocycles. The lowest BCUT2D eigenvalue weighted by molar-refractivity contribution is -0.147. The molecule has 5 nitrogen and oxygen atoms in total. The van der Waals surface area contributed by atoms with Crippen molar-refractivity contribution in [3.05, 3.63) is 78.4 Å². The van der Waals surface area contributed by atoms with Crippen molar-refractivity contribution in [3.8, 4) is 0 Å². The molecule has 1 aliphatic rings. The third-order valence-corrected chi connectivity index (χ3v) is 4.94. The number of rotatable bonds is 5. The molecule has 0 bridgehead atoms. The van der Waals surface area contributed by atoms with Crippen LogP contribution in [-0.2, 0) is 14.3 Å². The van der Waals surface area contributed by atoms with Gasteiger partial charge in [0.05, 0.1) is 5.92 Å². The molecule has 1 atom stereocenters. The lowest BCUT2D eigenvalue weighted by atomic mass is 10.0. The van der Waals surface area contributed by atoms with Crippen LogP contribution >= 0.6 is 0 Å². The zero-order chi connectivity index (χ0) is 19.5. The maximum Gasteiger partial charge on any atom is 0.311 e. The molecule has 3 aromatic rings. The number of para-hydroxylation sites is 1. The number of anilines is 1. The number of benzene rings is 3. The van der Waals surface area contributed by atoms with E-state index >= 15 is 0 Å². The van der Waals surface area contributed by atoms with Gasteiger partial charge in [0.2, 0.25) is 5.91 Å². The Morgan fingerprint density at radius 2 is 1.64 bits per heavy atom. The summed E-state index contributed by atoms with van der Waals surface area (Å²) in [5.74, 6) is -1.45. The molecule has 0 N–H and O–H groups in total. The molecule has 3 aromatic carbocycles. The van der Waals surface area contributed by atoms with Gasteiger partial charge in [-0.25, -0.2) is 0 Å². The number of nitrogens with zero attached hydrogens (tertiary/aromatic N) is 1. The molecule has 0 aromatic heterocycles. The Labute approximate surface area is 162 Å². The van der Waals surface area contributed by atoms with E-state index in [4.69, 9.17) is 4.74 Å². The molecule has 1 saturated heterocycles. The Bertz CT molecular complexity index is 1040. The third-order valence-electron chi connectivity index (χ3n) is 4.94. The first-order valence-electron chi connectivity index (χ1n) is 9.16. The van der Waals surface area contributed by atoms with E-state index in [1.54, 1.807) is 17.0 Å². The van der Waals surface area contributed by atoms with E-state index in [1.807, 2.05) is 60.7 Å². The van der Waals surface area contributed by atoms with Crippen LogP contribution < -0.4 is 4.90 Å². The molecule has 0 spiro atoms. The van der Waals surface area contributed by atoms with Gasteiger partial charge in [-0.15, -0.1) is 0 Å². The van der Waals surface area contributed by atoms with Gasteiger partial charge in [-0.05, 0) is 29.0 Å². The lowest BCUT2D eigenvalue weighted by Crippen LogP contribution is -2.27. The molecule has 1 aliphatic heterocycles. The van der Waals surface area contributed by atoms with Gasteiger partial charge in [-0.1, -0.05) is 54.6 Å². The summed E-state index contributed by atoms with van der Waals surface area (Å²) in [7, 11) is 0. The zero-order valence-electron chi connectivity index (χ0n) is 15.2. The number of Topliss-reactive ketones (excluding diaryl/α,β-unsaturated/α-hetero) is 1. The first-order valence-corrected chi connectivity index (χ1v) is 9.16. The predicted octanol–water partition coefficient (Wildman–Crippen LogP) is 3.62. The summed E-state index contributed by atoms with van der Waals surface area (Å²) >= 11 is 0. The Morgan fingerprint density at radius 3 is 2.43 bits per heavy atom. The van der Waals surface area contributed by atoms with E-state index < -0.39 is 11.9 Å². The van der Waals surface area contributed by atoms with Crippen LogP contribution in [0.4, 0.5) is 5.69 Å². The molecule has 1 fully saturated rings. The molecular formula is C23H19NO4. The summed E-state index contributed by atoms with van der Waals surface area (Å²) < 4.78 is 5.22. The lowest BCUT2D eigenvalue weighted by Gasteiger charge is -2.16. The Balaban J connectivity index is 1.37. The van der Waals surface area contributed by atoms with Crippen LogP contribution in [-0.4, -0.2) is 30.8 Å². The van der Waals surface area contributed by atoms with Crippen LogP contribution in [0.25, 0.3) is 10.8 Å².